The zero-order valence-corrected chi connectivity index (χ0v) is 9.94. The lowest BCUT2D eigenvalue weighted by Gasteiger charge is -2.08. The van der Waals surface area contributed by atoms with Gasteiger partial charge in [-0.3, -0.25) is 4.55 Å². The lowest BCUT2D eigenvalue weighted by molar-refractivity contribution is 0.490. The van der Waals surface area contributed by atoms with Gasteiger partial charge in [0.1, 0.15) is 0 Å². The largest absolute Gasteiger partial charge is 0.286 e. The third-order valence-electron chi connectivity index (χ3n) is 1.17. The lowest BCUT2D eigenvalue weighted by Crippen LogP contribution is -1.88. The molecule has 0 unspecified atom stereocenters. The van der Waals surface area contributed by atoms with Gasteiger partial charge in [-0.2, -0.15) is 8.42 Å². The molecule has 0 amide bonds. The molecule has 0 fully saturated rings. The summed E-state index contributed by atoms with van der Waals surface area (Å²) in [7, 11) is -3.67. The molecular formula is C8H11F3O3S2. The Hall–Kier alpha value is -0.730. The molecule has 3 nitrogen and oxygen atoms in total. The summed E-state index contributed by atoms with van der Waals surface area (Å²) in [5.74, 6) is -0.756. The van der Waals surface area contributed by atoms with Crippen molar-refractivity contribution >= 4 is 21.3 Å². The van der Waals surface area contributed by atoms with Crippen molar-refractivity contribution in [3.8, 4) is 0 Å². The van der Waals surface area contributed by atoms with Crippen LogP contribution >= 0.6 is 11.2 Å². The van der Waals surface area contributed by atoms with E-state index in [0.29, 0.717) is 11.8 Å². The maximum Gasteiger partial charge on any atom is 0.261 e. The van der Waals surface area contributed by atoms with Gasteiger partial charge in [-0.15, -0.1) is 11.7 Å². The van der Waals surface area contributed by atoms with E-state index in [4.69, 9.17) is 4.55 Å². The average molecular weight is 276 g/mol. The Morgan fingerprint density at radius 3 is 1.81 bits per heavy atom. The van der Waals surface area contributed by atoms with Gasteiger partial charge in [0, 0.05) is 0 Å². The molecule has 8 heteroatoms. The molecule has 0 spiro atoms. The second-order valence-corrected chi connectivity index (χ2v) is 5.62. The van der Waals surface area contributed by atoms with Crippen LogP contribution in [0.5, 0.6) is 0 Å². The van der Waals surface area contributed by atoms with Gasteiger partial charge in [0.2, 0.25) is 11.2 Å². The van der Waals surface area contributed by atoms with Crippen LogP contribution in [0.2, 0.25) is 0 Å². The Morgan fingerprint density at radius 1 is 1.12 bits per heavy atom. The van der Waals surface area contributed by atoms with Gasteiger partial charge in [0.15, 0.2) is 0 Å². The minimum absolute atomic E-state index is 0.343. The SMILES string of the molecule is CS(=O)(=O)O.FS(F)(F)Cc1ccccc1. The molecule has 0 heterocycles. The fraction of sp³-hybridized carbons (Fsp3) is 0.250. The predicted octanol–water partition coefficient (Wildman–Crippen LogP) is 3.15. The molecule has 1 N–H and O–H groups in total. The van der Waals surface area contributed by atoms with Crippen molar-refractivity contribution in [3.63, 3.8) is 0 Å². The van der Waals surface area contributed by atoms with Gasteiger partial charge in [-0.05, 0) is 5.56 Å². The summed E-state index contributed by atoms with van der Waals surface area (Å²) in [4.78, 5) is 0. The van der Waals surface area contributed by atoms with Gasteiger partial charge in [0.05, 0.1) is 12.0 Å². The average Bonchev–Trinajstić information content (AvgIpc) is 1.99. The maximum absolute atomic E-state index is 11.8. The highest BCUT2D eigenvalue weighted by Gasteiger charge is 2.20. The number of hydrogen-bond donors (Lipinski definition) is 1. The molecule has 0 atom stereocenters. The van der Waals surface area contributed by atoms with Crippen LogP contribution in [-0.4, -0.2) is 19.2 Å². The van der Waals surface area contributed by atoms with Crippen molar-refractivity contribution < 1.29 is 24.6 Å². The summed E-state index contributed by atoms with van der Waals surface area (Å²) in [5, 5.41) is 0. The fourth-order valence-electron chi connectivity index (χ4n) is 0.763. The molecule has 0 saturated heterocycles. The second kappa shape index (κ2) is 6.12. The fourth-order valence-corrected chi connectivity index (χ4v) is 1.33. The van der Waals surface area contributed by atoms with E-state index in [0.717, 1.165) is 0 Å². The molecule has 0 aliphatic rings. The first-order chi connectivity index (χ1) is 7.08. The van der Waals surface area contributed by atoms with E-state index in [9.17, 15) is 20.1 Å². The Labute approximate surface area is 94.2 Å². The molecule has 0 bridgehead atoms. The topological polar surface area (TPSA) is 54.4 Å². The monoisotopic (exact) mass is 276 g/mol. The first kappa shape index (κ1) is 15.3. The number of rotatable bonds is 2. The van der Waals surface area contributed by atoms with E-state index >= 15 is 0 Å². The smallest absolute Gasteiger partial charge is 0.261 e. The van der Waals surface area contributed by atoms with Crippen LogP contribution in [-0.2, 0) is 15.9 Å². The molecule has 1 aromatic rings. The van der Waals surface area contributed by atoms with Crippen LogP contribution in [0.4, 0.5) is 11.7 Å². The van der Waals surface area contributed by atoms with E-state index in [-0.39, 0.29) is 0 Å². The van der Waals surface area contributed by atoms with Crippen molar-refractivity contribution in [2.24, 2.45) is 0 Å². The normalized spacial score (nSPS) is 12.6. The van der Waals surface area contributed by atoms with Crippen molar-refractivity contribution in [2.75, 3.05) is 6.26 Å². The van der Waals surface area contributed by atoms with E-state index in [2.05, 4.69) is 0 Å². The van der Waals surface area contributed by atoms with Gasteiger partial charge in [-0.25, -0.2) is 0 Å². The molecule has 1 aromatic carbocycles. The standard InChI is InChI=1S/C7H7F3S.CH4O3S/c8-11(9,10)6-7-4-2-1-3-5-7;1-5(2,3)4/h1-5H,6H2;1H3,(H,2,3,4). The molecule has 94 valence electrons. The Kier molecular flexibility index (Phi) is 5.84. The molecule has 0 radical (unpaired) electrons. The molecule has 0 saturated carbocycles. The molecule has 16 heavy (non-hydrogen) atoms. The minimum atomic E-state index is -4.88. The first-order valence-corrected chi connectivity index (χ1v) is 7.29. The van der Waals surface area contributed by atoms with Crippen LogP contribution in [0, 0.1) is 0 Å². The summed E-state index contributed by atoms with van der Waals surface area (Å²) >= 11 is -4.88. The minimum Gasteiger partial charge on any atom is -0.286 e. The van der Waals surface area contributed by atoms with Gasteiger partial charge >= 0.3 is 0 Å². The maximum atomic E-state index is 11.8. The van der Waals surface area contributed by atoms with Crippen molar-refractivity contribution in [1.82, 2.24) is 0 Å². The van der Waals surface area contributed by atoms with Crippen LogP contribution in [0.3, 0.4) is 0 Å². The van der Waals surface area contributed by atoms with Crippen LogP contribution in [0.1, 0.15) is 5.56 Å². The summed E-state index contributed by atoms with van der Waals surface area (Å²) in [6, 6.07) is 7.90. The van der Waals surface area contributed by atoms with Crippen molar-refractivity contribution in [1.29, 1.82) is 0 Å². The molecule has 0 aliphatic carbocycles. The zero-order chi connectivity index (χ0) is 12.8. The highest BCUT2D eigenvalue weighted by molar-refractivity contribution is 8.20. The van der Waals surface area contributed by atoms with Crippen molar-refractivity contribution in [2.45, 2.75) is 5.75 Å². The van der Waals surface area contributed by atoms with E-state index in [1.807, 2.05) is 0 Å². The third kappa shape index (κ3) is 13.3. The number of halogens is 3. The summed E-state index contributed by atoms with van der Waals surface area (Å²) in [5.41, 5.74) is 0.343. The summed E-state index contributed by atoms with van der Waals surface area (Å²) in [6.07, 6.45) is 0.715. The molecule has 1 rings (SSSR count). The Bertz CT molecular complexity index is 392. The predicted molar refractivity (Wildman–Crippen MR) is 58.5 cm³/mol. The lowest BCUT2D eigenvalue weighted by atomic mass is 10.2. The highest BCUT2D eigenvalue weighted by Crippen LogP contribution is 2.55. The van der Waals surface area contributed by atoms with E-state index < -0.39 is 27.1 Å². The molecule has 0 aliphatic heterocycles. The Balaban J connectivity index is 0.000000385. The van der Waals surface area contributed by atoms with Crippen LogP contribution < -0.4 is 0 Å². The molecule has 0 aromatic heterocycles. The second-order valence-electron chi connectivity index (χ2n) is 2.87. The third-order valence-corrected chi connectivity index (χ3v) is 1.83. The van der Waals surface area contributed by atoms with Gasteiger partial charge in [-0.1, -0.05) is 30.3 Å². The number of benzene rings is 1. The van der Waals surface area contributed by atoms with Gasteiger partial charge < -0.3 is 0 Å². The van der Waals surface area contributed by atoms with Crippen LogP contribution in [0.25, 0.3) is 0 Å². The quantitative estimate of drug-likeness (QED) is 0.844. The Morgan fingerprint density at radius 2 is 1.50 bits per heavy atom. The number of hydrogen-bond acceptors (Lipinski definition) is 2. The molecular weight excluding hydrogens is 265 g/mol. The van der Waals surface area contributed by atoms with Crippen molar-refractivity contribution in [3.05, 3.63) is 35.9 Å². The zero-order valence-electron chi connectivity index (χ0n) is 8.31. The summed E-state index contributed by atoms with van der Waals surface area (Å²) < 4.78 is 61.3. The van der Waals surface area contributed by atoms with Gasteiger partial charge in [0.25, 0.3) is 10.1 Å². The summed E-state index contributed by atoms with van der Waals surface area (Å²) in [6.45, 7) is 0. The van der Waals surface area contributed by atoms with E-state index in [1.54, 1.807) is 18.2 Å². The highest BCUT2D eigenvalue weighted by atomic mass is 32.3. The first-order valence-electron chi connectivity index (χ1n) is 3.94. The van der Waals surface area contributed by atoms with Crippen LogP contribution in [0.15, 0.2) is 30.3 Å². The van der Waals surface area contributed by atoms with E-state index in [1.165, 1.54) is 12.1 Å².